The van der Waals surface area contributed by atoms with Crippen LogP contribution in [0, 0.1) is 11.3 Å². The van der Waals surface area contributed by atoms with Crippen molar-refractivity contribution in [2.75, 3.05) is 11.9 Å². The van der Waals surface area contributed by atoms with Crippen molar-refractivity contribution < 1.29 is 13.9 Å². The van der Waals surface area contributed by atoms with Gasteiger partial charge in [0.25, 0.3) is 5.91 Å². The zero-order valence-corrected chi connectivity index (χ0v) is 19.5. The van der Waals surface area contributed by atoms with E-state index in [9.17, 15) is 10.1 Å². The summed E-state index contributed by atoms with van der Waals surface area (Å²) in [4.78, 5) is 12.9. The van der Waals surface area contributed by atoms with Gasteiger partial charge in [0.15, 0.2) is 5.76 Å². The maximum absolute atomic E-state index is 12.9. The highest BCUT2D eigenvalue weighted by atomic mass is 16.5. The molecule has 7 nitrogen and oxygen atoms in total. The van der Waals surface area contributed by atoms with E-state index in [2.05, 4.69) is 5.32 Å². The van der Waals surface area contributed by atoms with Gasteiger partial charge in [0.2, 0.25) is 0 Å². The van der Waals surface area contributed by atoms with Gasteiger partial charge in [-0.05, 0) is 61.5 Å². The van der Waals surface area contributed by atoms with Crippen molar-refractivity contribution in [2.45, 2.75) is 6.92 Å². The summed E-state index contributed by atoms with van der Waals surface area (Å²) in [7, 11) is 0. The standard InChI is InChI=1S/C29H22N4O3/c1-2-35-25-14-12-23(13-15-25)31-29(34)21(18-30)16-22-19-33(24-9-4-3-5-10-24)32-28(22)27-17-20-8-6-7-11-26(20)36-27/h3-17,19H,2H2,1H3,(H,31,34). The van der Waals surface area contributed by atoms with Crippen molar-refractivity contribution in [3.8, 4) is 29.0 Å². The molecule has 2 heterocycles. The second-order valence-electron chi connectivity index (χ2n) is 7.94. The van der Waals surface area contributed by atoms with Gasteiger partial charge in [-0.25, -0.2) is 4.68 Å². The number of para-hydroxylation sites is 2. The lowest BCUT2D eigenvalue weighted by Crippen LogP contribution is -2.13. The Morgan fingerprint density at radius 2 is 1.83 bits per heavy atom. The summed E-state index contributed by atoms with van der Waals surface area (Å²) in [6, 6.07) is 28.2. The molecular weight excluding hydrogens is 452 g/mol. The first-order valence-corrected chi connectivity index (χ1v) is 11.4. The second-order valence-corrected chi connectivity index (χ2v) is 7.94. The van der Waals surface area contributed by atoms with Gasteiger partial charge in [-0.2, -0.15) is 10.4 Å². The molecule has 5 aromatic rings. The molecule has 0 aliphatic heterocycles. The first-order valence-electron chi connectivity index (χ1n) is 11.4. The topological polar surface area (TPSA) is 93.1 Å². The molecule has 3 aromatic carbocycles. The first-order chi connectivity index (χ1) is 17.6. The maximum atomic E-state index is 12.9. The molecule has 0 fully saturated rings. The Bertz CT molecular complexity index is 1560. The molecule has 0 spiro atoms. The molecule has 7 heteroatoms. The van der Waals surface area contributed by atoms with E-state index in [0.717, 1.165) is 16.7 Å². The number of anilines is 1. The Hall–Kier alpha value is -5.09. The van der Waals surface area contributed by atoms with E-state index in [1.54, 1.807) is 35.1 Å². The van der Waals surface area contributed by atoms with Crippen molar-refractivity contribution in [3.05, 3.63) is 102 Å². The summed E-state index contributed by atoms with van der Waals surface area (Å²) in [6.45, 7) is 2.45. The predicted octanol–water partition coefficient (Wildman–Crippen LogP) is 6.23. The Kier molecular flexibility index (Phi) is 6.33. The number of nitriles is 1. The Morgan fingerprint density at radius 3 is 2.56 bits per heavy atom. The molecule has 0 unspecified atom stereocenters. The van der Waals surface area contributed by atoms with Crippen LogP contribution >= 0.6 is 0 Å². The van der Waals surface area contributed by atoms with Crippen molar-refractivity contribution in [1.82, 2.24) is 9.78 Å². The molecule has 0 aliphatic rings. The van der Waals surface area contributed by atoms with E-state index in [1.807, 2.05) is 73.7 Å². The molecule has 0 bridgehead atoms. The van der Waals surface area contributed by atoms with Crippen LogP contribution in [0.2, 0.25) is 0 Å². The third-order valence-electron chi connectivity index (χ3n) is 5.51. The van der Waals surface area contributed by atoms with Crippen LogP contribution in [-0.2, 0) is 4.79 Å². The van der Waals surface area contributed by atoms with Crippen LogP contribution in [0.4, 0.5) is 5.69 Å². The predicted molar refractivity (Wildman–Crippen MR) is 139 cm³/mol. The molecule has 1 N–H and O–H groups in total. The lowest BCUT2D eigenvalue weighted by Gasteiger charge is -2.06. The third-order valence-corrected chi connectivity index (χ3v) is 5.51. The molecule has 0 radical (unpaired) electrons. The number of hydrogen-bond donors (Lipinski definition) is 1. The number of fused-ring (bicyclic) bond motifs is 1. The molecular formula is C29H22N4O3. The van der Waals surface area contributed by atoms with Gasteiger partial charge in [0.1, 0.15) is 28.7 Å². The quantitative estimate of drug-likeness (QED) is 0.223. The van der Waals surface area contributed by atoms with Crippen LogP contribution < -0.4 is 10.1 Å². The fraction of sp³-hybridized carbons (Fsp3) is 0.0690. The van der Waals surface area contributed by atoms with Gasteiger partial charge in [-0.1, -0.05) is 36.4 Å². The molecule has 2 aromatic heterocycles. The van der Waals surface area contributed by atoms with Crippen LogP contribution in [0.25, 0.3) is 34.2 Å². The molecule has 1 amide bonds. The number of furan rings is 1. The average molecular weight is 475 g/mol. The Balaban J connectivity index is 1.52. The molecule has 36 heavy (non-hydrogen) atoms. The minimum absolute atomic E-state index is 0.0612. The van der Waals surface area contributed by atoms with E-state index < -0.39 is 5.91 Å². The molecule has 0 saturated carbocycles. The SMILES string of the molecule is CCOc1ccc(NC(=O)C(C#N)=Cc2cn(-c3ccccc3)nc2-c2cc3ccccc3o2)cc1. The van der Waals surface area contributed by atoms with E-state index in [0.29, 0.717) is 35.1 Å². The van der Waals surface area contributed by atoms with E-state index in [-0.39, 0.29) is 5.57 Å². The molecule has 0 saturated heterocycles. The largest absolute Gasteiger partial charge is 0.494 e. The van der Waals surface area contributed by atoms with Gasteiger partial charge < -0.3 is 14.5 Å². The van der Waals surface area contributed by atoms with Crippen LogP contribution in [0.5, 0.6) is 5.75 Å². The third kappa shape index (κ3) is 4.74. The summed E-state index contributed by atoms with van der Waals surface area (Å²) < 4.78 is 13.2. The number of hydrogen-bond acceptors (Lipinski definition) is 5. The summed E-state index contributed by atoms with van der Waals surface area (Å²) in [5.74, 6) is 0.723. The normalized spacial score (nSPS) is 11.3. The zero-order valence-electron chi connectivity index (χ0n) is 19.5. The average Bonchev–Trinajstić information content (AvgIpc) is 3.53. The van der Waals surface area contributed by atoms with Crippen molar-refractivity contribution in [1.29, 1.82) is 5.26 Å². The van der Waals surface area contributed by atoms with Crippen molar-refractivity contribution in [3.63, 3.8) is 0 Å². The monoisotopic (exact) mass is 474 g/mol. The fourth-order valence-corrected chi connectivity index (χ4v) is 3.80. The highest BCUT2D eigenvalue weighted by Crippen LogP contribution is 2.31. The van der Waals surface area contributed by atoms with Gasteiger partial charge in [-0.15, -0.1) is 0 Å². The number of benzene rings is 3. The number of nitrogens with zero attached hydrogens (tertiary/aromatic N) is 3. The maximum Gasteiger partial charge on any atom is 0.266 e. The fourth-order valence-electron chi connectivity index (χ4n) is 3.80. The van der Waals surface area contributed by atoms with Crippen LogP contribution in [0.1, 0.15) is 12.5 Å². The van der Waals surface area contributed by atoms with Gasteiger partial charge in [0.05, 0.1) is 12.3 Å². The van der Waals surface area contributed by atoms with Crippen molar-refractivity contribution in [2.24, 2.45) is 0 Å². The molecule has 176 valence electrons. The van der Waals surface area contributed by atoms with Crippen LogP contribution in [-0.4, -0.2) is 22.3 Å². The Labute approximate surface area is 207 Å². The number of ether oxygens (including phenoxy) is 1. The minimum atomic E-state index is -0.523. The Morgan fingerprint density at radius 1 is 1.08 bits per heavy atom. The number of aromatic nitrogens is 2. The second kappa shape index (κ2) is 10.0. The lowest BCUT2D eigenvalue weighted by atomic mass is 10.1. The number of carbonyl (C=O) groups is 1. The summed E-state index contributed by atoms with van der Waals surface area (Å²) in [5, 5.41) is 18.2. The number of nitrogens with one attached hydrogen (secondary N) is 1. The van der Waals surface area contributed by atoms with E-state index >= 15 is 0 Å². The molecule has 0 aliphatic carbocycles. The van der Waals surface area contributed by atoms with Gasteiger partial charge in [-0.3, -0.25) is 4.79 Å². The molecule has 0 atom stereocenters. The smallest absolute Gasteiger partial charge is 0.266 e. The van der Waals surface area contributed by atoms with Crippen molar-refractivity contribution >= 4 is 28.6 Å². The first kappa shape index (κ1) is 22.7. The number of rotatable bonds is 7. The lowest BCUT2D eigenvalue weighted by molar-refractivity contribution is -0.112. The van der Waals surface area contributed by atoms with Gasteiger partial charge in [0, 0.05) is 22.8 Å². The molecule has 5 rings (SSSR count). The summed E-state index contributed by atoms with van der Waals surface area (Å²) >= 11 is 0. The summed E-state index contributed by atoms with van der Waals surface area (Å²) in [5.41, 5.74) is 3.17. The van der Waals surface area contributed by atoms with Crippen LogP contribution in [0.3, 0.4) is 0 Å². The highest BCUT2D eigenvalue weighted by molar-refractivity contribution is 6.10. The minimum Gasteiger partial charge on any atom is -0.494 e. The number of amides is 1. The van der Waals surface area contributed by atoms with E-state index in [4.69, 9.17) is 14.3 Å². The summed E-state index contributed by atoms with van der Waals surface area (Å²) in [6.07, 6.45) is 3.30. The number of carbonyl (C=O) groups excluding carboxylic acids is 1. The van der Waals surface area contributed by atoms with Gasteiger partial charge >= 0.3 is 0 Å². The highest BCUT2D eigenvalue weighted by Gasteiger charge is 2.18. The zero-order chi connectivity index (χ0) is 24.9. The van der Waals surface area contributed by atoms with Crippen LogP contribution in [0.15, 0.2) is 101 Å². The van der Waals surface area contributed by atoms with E-state index in [1.165, 1.54) is 6.08 Å².